The summed E-state index contributed by atoms with van der Waals surface area (Å²) >= 11 is 5.79. The van der Waals surface area contributed by atoms with Crippen LogP contribution in [0.5, 0.6) is 5.75 Å². The van der Waals surface area contributed by atoms with Gasteiger partial charge < -0.3 is 15.8 Å². The molecule has 0 atom stereocenters. The van der Waals surface area contributed by atoms with Gasteiger partial charge in [0.05, 0.1) is 17.8 Å². The van der Waals surface area contributed by atoms with Gasteiger partial charge in [0.15, 0.2) is 0 Å². The molecule has 1 aromatic carbocycles. The number of hydrogen-bond donors (Lipinski definition) is 2. The summed E-state index contributed by atoms with van der Waals surface area (Å²) in [6.07, 6.45) is 1.56. The minimum Gasteiger partial charge on any atom is -0.497 e. The van der Waals surface area contributed by atoms with Crippen molar-refractivity contribution < 1.29 is 4.74 Å². The zero-order chi connectivity index (χ0) is 13.0. The van der Waals surface area contributed by atoms with E-state index in [9.17, 15) is 0 Å². The quantitative estimate of drug-likeness (QED) is 0.890. The highest BCUT2D eigenvalue weighted by atomic mass is 35.5. The van der Waals surface area contributed by atoms with Crippen molar-refractivity contribution in [2.24, 2.45) is 0 Å². The van der Waals surface area contributed by atoms with E-state index in [0.717, 1.165) is 11.3 Å². The number of aromatic nitrogens is 1. The molecule has 0 radical (unpaired) electrons. The lowest BCUT2D eigenvalue weighted by atomic mass is 10.2. The van der Waals surface area contributed by atoms with E-state index >= 15 is 0 Å². The molecule has 1 aromatic heterocycles. The van der Waals surface area contributed by atoms with Crippen molar-refractivity contribution in [1.82, 2.24) is 4.98 Å². The van der Waals surface area contributed by atoms with E-state index in [1.807, 2.05) is 24.3 Å². The maximum absolute atomic E-state index is 5.81. The molecule has 5 heteroatoms. The molecule has 94 valence electrons. The number of methoxy groups -OCH3 is 1. The maximum atomic E-state index is 5.81. The molecule has 4 nitrogen and oxygen atoms in total. The first-order valence-electron chi connectivity index (χ1n) is 5.47. The second kappa shape index (κ2) is 5.60. The Morgan fingerprint density at radius 2 is 2.22 bits per heavy atom. The zero-order valence-corrected chi connectivity index (χ0v) is 10.7. The monoisotopic (exact) mass is 263 g/mol. The summed E-state index contributed by atoms with van der Waals surface area (Å²) in [6.45, 7) is 0.621. The largest absolute Gasteiger partial charge is 0.497 e. The smallest absolute Gasteiger partial charge is 0.149 e. The molecular weight excluding hydrogens is 250 g/mol. The molecule has 3 N–H and O–H groups in total. The van der Waals surface area contributed by atoms with E-state index < -0.39 is 0 Å². The summed E-state index contributed by atoms with van der Waals surface area (Å²) in [6, 6.07) is 9.47. The summed E-state index contributed by atoms with van der Waals surface area (Å²) in [5, 5.41) is 3.68. The minimum absolute atomic E-state index is 0.527. The van der Waals surface area contributed by atoms with Gasteiger partial charge in [-0.2, -0.15) is 0 Å². The average molecular weight is 264 g/mol. The fourth-order valence-electron chi connectivity index (χ4n) is 1.57. The van der Waals surface area contributed by atoms with E-state index in [1.165, 1.54) is 0 Å². The van der Waals surface area contributed by atoms with Gasteiger partial charge in [0, 0.05) is 12.7 Å². The average Bonchev–Trinajstić information content (AvgIpc) is 2.38. The van der Waals surface area contributed by atoms with Crippen LogP contribution in [0.15, 0.2) is 36.5 Å². The third-order valence-electron chi connectivity index (χ3n) is 2.48. The lowest BCUT2D eigenvalue weighted by Crippen LogP contribution is -2.04. The van der Waals surface area contributed by atoms with Crippen molar-refractivity contribution in [3.8, 4) is 5.75 Å². The van der Waals surface area contributed by atoms with Crippen LogP contribution in [-0.2, 0) is 6.54 Å². The van der Waals surface area contributed by atoms with Gasteiger partial charge in [-0.15, -0.1) is 0 Å². The maximum Gasteiger partial charge on any atom is 0.149 e. The van der Waals surface area contributed by atoms with E-state index in [1.54, 1.807) is 19.4 Å². The molecule has 0 amide bonds. The lowest BCUT2D eigenvalue weighted by Gasteiger charge is -2.09. The summed E-state index contributed by atoms with van der Waals surface area (Å²) < 4.78 is 5.16. The normalized spacial score (nSPS) is 10.1. The molecule has 0 aliphatic carbocycles. The Morgan fingerprint density at radius 3 is 2.94 bits per heavy atom. The fourth-order valence-corrected chi connectivity index (χ4v) is 1.74. The lowest BCUT2D eigenvalue weighted by molar-refractivity contribution is 0.414. The number of anilines is 2. The minimum atomic E-state index is 0.527. The Labute approximate surface area is 111 Å². The summed E-state index contributed by atoms with van der Waals surface area (Å²) in [7, 11) is 1.64. The third-order valence-corrected chi connectivity index (χ3v) is 2.68. The van der Waals surface area contributed by atoms with Crippen LogP contribution in [0.4, 0.5) is 11.5 Å². The molecular formula is C13H14ClN3O. The van der Waals surface area contributed by atoms with E-state index in [0.29, 0.717) is 23.1 Å². The first-order chi connectivity index (χ1) is 8.69. The predicted molar refractivity (Wildman–Crippen MR) is 74.0 cm³/mol. The number of rotatable bonds is 4. The van der Waals surface area contributed by atoms with E-state index in [4.69, 9.17) is 22.1 Å². The second-order valence-corrected chi connectivity index (χ2v) is 4.23. The van der Waals surface area contributed by atoms with E-state index in [-0.39, 0.29) is 0 Å². The first-order valence-corrected chi connectivity index (χ1v) is 5.84. The van der Waals surface area contributed by atoms with Crippen LogP contribution >= 0.6 is 11.6 Å². The number of hydrogen-bond acceptors (Lipinski definition) is 4. The van der Waals surface area contributed by atoms with Crippen molar-refractivity contribution in [2.45, 2.75) is 6.54 Å². The Balaban J connectivity index is 2.06. The Bertz CT molecular complexity index is 546. The highest BCUT2D eigenvalue weighted by Crippen LogP contribution is 2.20. The van der Waals surface area contributed by atoms with Gasteiger partial charge in [0.25, 0.3) is 0 Å². The van der Waals surface area contributed by atoms with Crippen LogP contribution in [-0.4, -0.2) is 12.1 Å². The van der Waals surface area contributed by atoms with Crippen LogP contribution in [0.3, 0.4) is 0 Å². The van der Waals surface area contributed by atoms with Gasteiger partial charge >= 0.3 is 0 Å². The highest BCUT2D eigenvalue weighted by molar-refractivity contribution is 6.30. The SMILES string of the molecule is COc1cccc(CNc2ncc(Cl)cc2N)c1. The van der Waals surface area contributed by atoms with Crippen LogP contribution in [0.2, 0.25) is 5.02 Å². The van der Waals surface area contributed by atoms with Crippen LogP contribution in [0.1, 0.15) is 5.56 Å². The number of halogens is 1. The van der Waals surface area contributed by atoms with E-state index in [2.05, 4.69) is 10.3 Å². The highest BCUT2D eigenvalue weighted by Gasteiger charge is 2.02. The van der Waals surface area contributed by atoms with Gasteiger partial charge in [-0.3, -0.25) is 0 Å². The van der Waals surface area contributed by atoms with Gasteiger partial charge in [-0.05, 0) is 23.8 Å². The molecule has 0 fully saturated rings. The third kappa shape index (κ3) is 3.05. The second-order valence-electron chi connectivity index (χ2n) is 3.80. The predicted octanol–water partition coefficient (Wildman–Crippen LogP) is 2.94. The Morgan fingerprint density at radius 1 is 1.39 bits per heavy atom. The summed E-state index contributed by atoms with van der Waals surface area (Å²) in [5.74, 6) is 1.45. The first kappa shape index (κ1) is 12.5. The van der Waals surface area contributed by atoms with Crippen LogP contribution in [0, 0.1) is 0 Å². The molecule has 0 spiro atoms. The standard InChI is InChI=1S/C13H14ClN3O/c1-18-11-4-2-3-9(5-11)7-16-13-12(15)6-10(14)8-17-13/h2-6,8H,7,15H2,1H3,(H,16,17). The van der Waals surface area contributed by atoms with Gasteiger partial charge in [0.1, 0.15) is 11.6 Å². The van der Waals surface area contributed by atoms with Crippen LogP contribution in [0.25, 0.3) is 0 Å². The van der Waals surface area contributed by atoms with Gasteiger partial charge in [0.2, 0.25) is 0 Å². The number of benzene rings is 1. The molecule has 18 heavy (non-hydrogen) atoms. The van der Waals surface area contributed by atoms with Crippen molar-refractivity contribution >= 4 is 23.1 Å². The molecule has 0 aliphatic heterocycles. The Hall–Kier alpha value is -1.94. The topological polar surface area (TPSA) is 60.2 Å². The van der Waals surface area contributed by atoms with Gasteiger partial charge in [-0.1, -0.05) is 23.7 Å². The molecule has 0 saturated carbocycles. The molecule has 0 saturated heterocycles. The van der Waals surface area contributed by atoms with Gasteiger partial charge in [-0.25, -0.2) is 4.98 Å². The molecule has 0 unspecified atom stereocenters. The number of ether oxygens (including phenoxy) is 1. The van der Waals surface area contributed by atoms with Crippen molar-refractivity contribution in [3.63, 3.8) is 0 Å². The number of nitrogens with zero attached hydrogens (tertiary/aromatic N) is 1. The summed E-state index contributed by atoms with van der Waals surface area (Å²) in [4.78, 5) is 4.14. The van der Waals surface area contributed by atoms with Crippen molar-refractivity contribution in [1.29, 1.82) is 0 Å². The number of nitrogens with two attached hydrogens (primary N) is 1. The molecule has 1 heterocycles. The fraction of sp³-hybridized carbons (Fsp3) is 0.154. The molecule has 0 aliphatic rings. The number of nitrogens with one attached hydrogen (secondary N) is 1. The summed E-state index contributed by atoms with van der Waals surface area (Å²) in [5.41, 5.74) is 7.43. The molecule has 2 rings (SSSR count). The Kier molecular flexibility index (Phi) is 3.89. The zero-order valence-electron chi connectivity index (χ0n) is 9.98. The van der Waals surface area contributed by atoms with Crippen molar-refractivity contribution in [2.75, 3.05) is 18.2 Å². The molecule has 0 bridgehead atoms. The van der Waals surface area contributed by atoms with Crippen molar-refractivity contribution in [3.05, 3.63) is 47.1 Å². The number of nitrogen functional groups attached to an aromatic ring is 1. The van der Waals surface area contributed by atoms with Crippen LogP contribution < -0.4 is 15.8 Å². The number of pyridine rings is 1. The molecule has 2 aromatic rings.